The lowest BCUT2D eigenvalue weighted by Gasteiger charge is -2.14. The third-order valence-corrected chi connectivity index (χ3v) is 2.19. The van der Waals surface area contributed by atoms with Gasteiger partial charge in [0.05, 0.1) is 27.4 Å². The Kier molecular flexibility index (Phi) is 5.04. The molecule has 0 aliphatic carbocycles. The van der Waals surface area contributed by atoms with E-state index in [1.54, 1.807) is 21.3 Å². The Labute approximate surface area is 95.0 Å². The molecule has 5 nitrogen and oxygen atoms in total. The summed E-state index contributed by atoms with van der Waals surface area (Å²) in [7, 11) is 4.82. The standard InChI is InChI=1S/C11H17NO4/c1-13-6-8-4-10(14-2)5-9(7-16-12)11(8)15-3/h4-5H,6-7,12H2,1-3H3. The van der Waals surface area contributed by atoms with E-state index in [4.69, 9.17) is 20.1 Å². The molecule has 2 N–H and O–H groups in total. The lowest BCUT2D eigenvalue weighted by atomic mass is 10.1. The minimum atomic E-state index is 0.261. The van der Waals surface area contributed by atoms with Crippen LogP contribution < -0.4 is 15.4 Å². The van der Waals surface area contributed by atoms with Crippen molar-refractivity contribution in [2.75, 3.05) is 21.3 Å². The van der Waals surface area contributed by atoms with E-state index in [1.165, 1.54) is 0 Å². The van der Waals surface area contributed by atoms with Crippen LogP contribution >= 0.6 is 0 Å². The van der Waals surface area contributed by atoms with Crippen LogP contribution in [0.5, 0.6) is 11.5 Å². The lowest BCUT2D eigenvalue weighted by Crippen LogP contribution is -2.04. The molecule has 0 bridgehead atoms. The van der Waals surface area contributed by atoms with Crippen molar-refractivity contribution in [1.82, 2.24) is 0 Å². The molecule has 0 saturated carbocycles. The normalized spacial score (nSPS) is 10.2. The highest BCUT2D eigenvalue weighted by atomic mass is 16.6. The Morgan fingerprint density at radius 3 is 2.06 bits per heavy atom. The first-order valence-corrected chi connectivity index (χ1v) is 4.81. The monoisotopic (exact) mass is 227 g/mol. The van der Waals surface area contributed by atoms with Crippen molar-refractivity contribution in [2.45, 2.75) is 13.2 Å². The van der Waals surface area contributed by atoms with Crippen LogP contribution in [-0.4, -0.2) is 21.3 Å². The Balaban J connectivity index is 3.16. The van der Waals surface area contributed by atoms with E-state index in [1.807, 2.05) is 12.1 Å². The summed E-state index contributed by atoms with van der Waals surface area (Å²) in [5.74, 6) is 6.51. The minimum absolute atomic E-state index is 0.261. The Morgan fingerprint density at radius 1 is 1.00 bits per heavy atom. The quantitative estimate of drug-likeness (QED) is 0.741. The van der Waals surface area contributed by atoms with Crippen molar-refractivity contribution in [3.8, 4) is 11.5 Å². The Morgan fingerprint density at radius 2 is 1.62 bits per heavy atom. The van der Waals surface area contributed by atoms with Crippen LogP contribution in [0.25, 0.3) is 0 Å². The first-order valence-electron chi connectivity index (χ1n) is 4.81. The number of nitrogens with two attached hydrogens (primary N) is 1. The van der Waals surface area contributed by atoms with E-state index in [-0.39, 0.29) is 6.61 Å². The molecule has 0 aliphatic rings. The van der Waals surface area contributed by atoms with Gasteiger partial charge >= 0.3 is 0 Å². The molecule has 0 amide bonds. The second-order valence-corrected chi connectivity index (χ2v) is 3.22. The maximum atomic E-state index is 5.31. The van der Waals surface area contributed by atoms with Crippen molar-refractivity contribution in [3.63, 3.8) is 0 Å². The molecule has 0 saturated heterocycles. The van der Waals surface area contributed by atoms with Gasteiger partial charge in [0.25, 0.3) is 0 Å². The van der Waals surface area contributed by atoms with Gasteiger partial charge in [0.2, 0.25) is 0 Å². The number of rotatable bonds is 6. The van der Waals surface area contributed by atoms with E-state index in [2.05, 4.69) is 4.84 Å². The van der Waals surface area contributed by atoms with Gasteiger partial charge in [-0.2, -0.15) is 0 Å². The predicted octanol–water partition coefficient (Wildman–Crippen LogP) is 1.24. The number of methoxy groups -OCH3 is 3. The third kappa shape index (κ3) is 2.85. The van der Waals surface area contributed by atoms with Gasteiger partial charge < -0.3 is 14.2 Å². The highest BCUT2D eigenvalue weighted by molar-refractivity contribution is 5.46. The number of benzene rings is 1. The van der Waals surface area contributed by atoms with Gasteiger partial charge in [-0.1, -0.05) is 0 Å². The molecule has 0 unspecified atom stereocenters. The minimum Gasteiger partial charge on any atom is -0.497 e. The number of ether oxygens (including phenoxy) is 3. The fraction of sp³-hybridized carbons (Fsp3) is 0.455. The average molecular weight is 227 g/mol. The molecule has 0 aromatic heterocycles. The first kappa shape index (κ1) is 12.8. The Bertz CT molecular complexity index is 314. The molecular weight excluding hydrogens is 210 g/mol. The molecule has 0 fully saturated rings. The van der Waals surface area contributed by atoms with Gasteiger partial charge in [-0.3, -0.25) is 4.84 Å². The van der Waals surface area contributed by atoms with Crippen LogP contribution in [0.1, 0.15) is 11.1 Å². The van der Waals surface area contributed by atoms with E-state index in [9.17, 15) is 0 Å². The second-order valence-electron chi connectivity index (χ2n) is 3.22. The van der Waals surface area contributed by atoms with E-state index in [0.29, 0.717) is 12.4 Å². The highest BCUT2D eigenvalue weighted by Gasteiger charge is 2.12. The first-order chi connectivity index (χ1) is 7.76. The molecule has 90 valence electrons. The van der Waals surface area contributed by atoms with Gasteiger partial charge in [-0.25, -0.2) is 5.90 Å². The fourth-order valence-corrected chi connectivity index (χ4v) is 1.56. The summed E-state index contributed by atoms with van der Waals surface area (Å²) in [5, 5.41) is 0. The van der Waals surface area contributed by atoms with Gasteiger partial charge in [0.15, 0.2) is 0 Å². The van der Waals surface area contributed by atoms with Crippen molar-refractivity contribution in [3.05, 3.63) is 23.3 Å². The zero-order valence-corrected chi connectivity index (χ0v) is 9.78. The molecular formula is C11H17NO4. The third-order valence-electron chi connectivity index (χ3n) is 2.19. The molecule has 0 spiro atoms. The zero-order valence-electron chi connectivity index (χ0n) is 9.78. The Hall–Kier alpha value is -1.30. The number of hydrogen-bond acceptors (Lipinski definition) is 5. The summed E-state index contributed by atoms with van der Waals surface area (Å²) < 4.78 is 15.6. The summed E-state index contributed by atoms with van der Waals surface area (Å²) in [6, 6.07) is 3.69. The summed E-state index contributed by atoms with van der Waals surface area (Å²) in [5.41, 5.74) is 1.73. The number of hydrogen-bond donors (Lipinski definition) is 1. The molecule has 0 heterocycles. The summed E-state index contributed by atoms with van der Waals surface area (Å²) in [4.78, 5) is 4.63. The van der Waals surface area contributed by atoms with E-state index in [0.717, 1.165) is 16.9 Å². The van der Waals surface area contributed by atoms with Crippen LogP contribution in [0.4, 0.5) is 0 Å². The molecule has 0 aliphatic heterocycles. The van der Waals surface area contributed by atoms with Crippen molar-refractivity contribution in [1.29, 1.82) is 0 Å². The van der Waals surface area contributed by atoms with Crippen LogP contribution in [0.3, 0.4) is 0 Å². The van der Waals surface area contributed by atoms with Crippen LogP contribution in [0.15, 0.2) is 12.1 Å². The summed E-state index contributed by atoms with van der Waals surface area (Å²) in [6.45, 7) is 0.703. The van der Waals surface area contributed by atoms with Gasteiger partial charge in [-0.15, -0.1) is 0 Å². The van der Waals surface area contributed by atoms with E-state index >= 15 is 0 Å². The topological polar surface area (TPSA) is 62.9 Å². The summed E-state index contributed by atoms with van der Waals surface area (Å²) in [6.07, 6.45) is 0. The smallest absolute Gasteiger partial charge is 0.130 e. The molecule has 0 atom stereocenters. The summed E-state index contributed by atoms with van der Waals surface area (Å²) >= 11 is 0. The SMILES string of the molecule is COCc1cc(OC)cc(CON)c1OC. The van der Waals surface area contributed by atoms with Crippen molar-refractivity contribution >= 4 is 0 Å². The largest absolute Gasteiger partial charge is 0.497 e. The van der Waals surface area contributed by atoms with Crippen LogP contribution in [-0.2, 0) is 22.8 Å². The molecule has 1 aromatic rings. The average Bonchev–Trinajstić information content (AvgIpc) is 2.29. The molecule has 5 heteroatoms. The van der Waals surface area contributed by atoms with Crippen LogP contribution in [0.2, 0.25) is 0 Å². The second kappa shape index (κ2) is 6.32. The van der Waals surface area contributed by atoms with Gasteiger partial charge in [0.1, 0.15) is 11.5 Å². The maximum Gasteiger partial charge on any atom is 0.130 e. The molecule has 1 aromatic carbocycles. The van der Waals surface area contributed by atoms with Crippen molar-refractivity contribution < 1.29 is 19.0 Å². The molecule has 16 heavy (non-hydrogen) atoms. The van der Waals surface area contributed by atoms with Gasteiger partial charge in [0, 0.05) is 18.2 Å². The molecule has 0 radical (unpaired) electrons. The van der Waals surface area contributed by atoms with Gasteiger partial charge in [-0.05, 0) is 12.1 Å². The highest BCUT2D eigenvalue weighted by Crippen LogP contribution is 2.30. The zero-order chi connectivity index (χ0) is 12.0. The molecule has 1 rings (SSSR count). The maximum absolute atomic E-state index is 5.31. The van der Waals surface area contributed by atoms with E-state index < -0.39 is 0 Å². The predicted molar refractivity (Wildman–Crippen MR) is 59.2 cm³/mol. The van der Waals surface area contributed by atoms with Crippen molar-refractivity contribution in [2.24, 2.45) is 5.90 Å². The lowest BCUT2D eigenvalue weighted by molar-refractivity contribution is 0.121. The fourth-order valence-electron chi connectivity index (χ4n) is 1.56. The van der Waals surface area contributed by atoms with Crippen LogP contribution in [0, 0.1) is 0 Å².